The number of benzene rings is 1. The third kappa shape index (κ3) is 4.70. The van der Waals surface area contributed by atoms with Crippen LogP contribution in [0.5, 0.6) is 0 Å². The van der Waals surface area contributed by atoms with Crippen molar-refractivity contribution in [2.24, 2.45) is 5.16 Å². The molecule has 0 amide bonds. The molecule has 1 aliphatic heterocycles. The first-order chi connectivity index (χ1) is 12.9. The van der Waals surface area contributed by atoms with Crippen LogP contribution in [-0.2, 0) is 12.7 Å². The van der Waals surface area contributed by atoms with Crippen LogP contribution in [0.2, 0.25) is 5.02 Å². The highest BCUT2D eigenvalue weighted by atomic mass is 35.5. The number of hydrogen-bond acceptors (Lipinski definition) is 3. The van der Waals surface area contributed by atoms with Gasteiger partial charge in [0.1, 0.15) is 12.2 Å². The van der Waals surface area contributed by atoms with E-state index in [2.05, 4.69) is 22.3 Å². The van der Waals surface area contributed by atoms with E-state index in [1.807, 2.05) is 18.2 Å². The maximum absolute atomic E-state index is 12.8. The predicted molar refractivity (Wildman–Crippen MR) is 95.0 cm³/mol. The summed E-state index contributed by atoms with van der Waals surface area (Å²) in [4.78, 5) is 6.95. The number of quaternary nitrogens is 1. The van der Waals surface area contributed by atoms with Crippen molar-refractivity contribution >= 4 is 17.4 Å². The van der Waals surface area contributed by atoms with Crippen LogP contribution in [0.15, 0.2) is 47.8 Å². The van der Waals surface area contributed by atoms with Crippen LogP contribution in [0.3, 0.4) is 0 Å². The number of alkyl halides is 3. The lowest BCUT2D eigenvalue weighted by molar-refractivity contribution is -0.917. The van der Waals surface area contributed by atoms with Crippen molar-refractivity contribution < 1.29 is 23.3 Å². The van der Waals surface area contributed by atoms with Gasteiger partial charge in [0.25, 0.3) is 0 Å². The average Bonchev–Trinajstić information content (AvgIpc) is 2.65. The van der Waals surface area contributed by atoms with Gasteiger partial charge in [0, 0.05) is 11.8 Å². The van der Waals surface area contributed by atoms with E-state index in [-0.39, 0.29) is 16.6 Å². The van der Waals surface area contributed by atoms with E-state index in [1.165, 1.54) is 10.5 Å². The lowest BCUT2D eigenvalue weighted by Crippen LogP contribution is -3.13. The number of piperazine rings is 1. The molecule has 0 bridgehead atoms. The van der Waals surface area contributed by atoms with E-state index in [0.717, 1.165) is 25.7 Å². The van der Waals surface area contributed by atoms with E-state index in [1.54, 1.807) is 4.90 Å². The third-order valence-electron chi connectivity index (χ3n) is 4.54. The molecule has 1 aromatic heterocycles. The molecule has 0 unspecified atom stereocenters. The normalized spacial score (nSPS) is 16.6. The summed E-state index contributed by atoms with van der Waals surface area (Å²) in [5.41, 5.74) is 0.341. The molecule has 1 aliphatic rings. The lowest BCUT2D eigenvalue weighted by atomic mass is 10.2. The zero-order valence-corrected chi connectivity index (χ0v) is 15.1. The minimum absolute atomic E-state index is 0.0404. The van der Waals surface area contributed by atoms with Gasteiger partial charge in [0.2, 0.25) is 0 Å². The molecular formula is C18H19ClF3N4O+. The van der Waals surface area contributed by atoms with Crippen LogP contribution >= 0.6 is 11.6 Å². The molecule has 27 heavy (non-hydrogen) atoms. The van der Waals surface area contributed by atoms with Gasteiger partial charge in [-0.2, -0.15) is 13.2 Å². The zero-order valence-electron chi connectivity index (χ0n) is 14.4. The van der Waals surface area contributed by atoms with Crippen LogP contribution in [-0.4, -0.2) is 47.1 Å². The Labute approximate surface area is 159 Å². The van der Waals surface area contributed by atoms with E-state index in [4.69, 9.17) is 11.6 Å². The van der Waals surface area contributed by atoms with Gasteiger partial charge in [-0.3, -0.25) is 4.98 Å². The summed E-state index contributed by atoms with van der Waals surface area (Å²) in [6, 6.07) is 10.9. The van der Waals surface area contributed by atoms with Crippen LogP contribution in [0.1, 0.15) is 16.8 Å². The summed E-state index contributed by atoms with van der Waals surface area (Å²) in [5.74, 6) is 0.0903. The maximum Gasteiger partial charge on any atom is 0.417 e. The van der Waals surface area contributed by atoms with Gasteiger partial charge >= 0.3 is 6.18 Å². The number of nitrogens with zero attached hydrogens (tertiary/aromatic N) is 3. The second kappa shape index (κ2) is 8.14. The molecule has 2 heterocycles. The van der Waals surface area contributed by atoms with Gasteiger partial charge in [-0.25, -0.2) is 0 Å². The summed E-state index contributed by atoms with van der Waals surface area (Å²) in [6.45, 7) is 3.65. The molecule has 144 valence electrons. The van der Waals surface area contributed by atoms with Gasteiger partial charge in [0.15, 0.2) is 5.84 Å². The SMILES string of the molecule is O/N=C(/c1ncc(C(F)(F)F)cc1Cl)N1CC[NH+](Cc2ccccc2)CC1. The van der Waals surface area contributed by atoms with Crippen LogP contribution < -0.4 is 4.90 Å². The van der Waals surface area contributed by atoms with Crippen molar-refractivity contribution in [3.63, 3.8) is 0 Å². The predicted octanol–water partition coefficient (Wildman–Crippen LogP) is 2.29. The van der Waals surface area contributed by atoms with Gasteiger partial charge in [-0.1, -0.05) is 47.1 Å². The Morgan fingerprint density at radius 2 is 1.89 bits per heavy atom. The Bertz CT molecular complexity index is 806. The number of rotatable bonds is 3. The largest absolute Gasteiger partial charge is 0.417 e. The van der Waals surface area contributed by atoms with E-state index >= 15 is 0 Å². The van der Waals surface area contributed by atoms with Gasteiger partial charge < -0.3 is 15.0 Å². The van der Waals surface area contributed by atoms with Crippen molar-refractivity contribution in [2.45, 2.75) is 12.7 Å². The molecule has 3 rings (SSSR count). The molecule has 1 saturated heterocycles. The average molecular weight is 400 g/mol. The molecule has 5 nitrogen and oxygen atoms in total. The monoisotopic (exact) mass is 399 g/mol. The first kappa shape index (κ1) is 19.4. The molecule has 0 aliphatic carbocycles. The molecule has 1 fully saturated rings. The van der Waals surface area contributed by atoms with E-state index < -0.39 is 11.7 Å². The standard InChI is InChI=1S/C18H18ClF3N4O/c19-15-10-14(18(20,21)22)11-23-16(15)17(24-27)26-8-6-25(7-9-26)12-13-4-2-1-3-5-13/h1-5,10-11,27H,6-9,12H2/p+1/b24-17-. The van der Waals surface area contributed by atoms with Crippen LogP contribution in [0.25, 0.3) is 0 Å². The fourth-order valence-corrected chi connectivity index (χ4v) is 3.36. The Morgan fingerprint density at radius 3 is 2.44 bits per heavy atom. The molecule has 0 spiro atoms. The molecule has 2 N–H and O–H groups in total. The van der Waals surface area contributed by atoms with Gasteiger partial charge in [-0.05, 0) is 6.07 Å². The maximum atomic E-state index is 12.8. The molecule has 0 saturated carbocycles. The highest BCUT2D eigenvalue weighted by molar-refractivity contribution is 6.33. The zero-order chi connectivity index (χ0) is 19.4. The topological polar surface area (TPSA) is 53.2 Å². The molecule has 1 aromatic carbocycles. The fourth-order valence-electron chi connectivity index (χ4n) is 3.11. The number of pyridine rings is 1. The van der Waals surface area contributed by atoms with Crippen molar-refractivity contribution in [1.29, 1.82) is 0 Å². The quantitative estimate of drug-likeness (QED) is 0.360. The second-order valence-corrected chi connectivity index (χ2v) is 6.78. The van der Waals surface area contributed by atoms with Crippen LogP contribution in [0.4, 0.5) is 13.2 Å². The smallest absolute Gasteiger partial charge is 0.409 e. The Balaban J connectivity index is 1.67. The Morgan fingerprint density at radius 1 is 1.22 bits per heavy atom. The number of oxime groups is 1. The summed E-state index contributed by atoms with van der Waals surface area (Å²) < 4.78 is 38.3. The summed E-state index contributed by atoms with van der Waals surface area (Å²) in [7, 11) is 0. The molecule has 2 aromatic rings. The summed E-state index contributed by atoms with van der Waals surface area (Å²) >= 11 is 5.98. The Hall–Kier alpha value is -2.32. The molecular weight excluding hydrogens is 381 g/mol. The van der Waals surface area contributed by atoms with Crippen LogP contribution in [0, 0.1) is 0 Å². The Kier molecular flexibility index (Phi) is 5.86. The molecule has 9 heteroatoms. The molecule has 0 atom stereocenters. The number of amidine groups is 1. The van der Waals surface area contributed by atoms with Gasteiger partial charge in [0.05, 0.1) is 36.8 Å². The lowest BCUT2D eigenvalue weighted by Gasteiger charge is -2.33. The summed E-state index contributed by atoms with van der Waals surface area (Å²) in [5, 5.41) is 12.5. The number of halogens is 4. The summed E-state index contributed by atoms with van der Waals surface area (Å²) in [6.07, 6.45) is -3.83. The highest BCUT2D eigenvalue weighted by Gasteiger charge is 2.33. The van der Waals surface area contributed by atoms with Crippen molar-refractivity contribution in [3.8, 4) is 0 Å². The fraction of sp³-hybridized carbons (Fsp3) is 0.333. The highest BCUT2D eigenvalue weighted by Crippen LogP contribution is 2.31. The molecule has 0 radical (unpaired) electrons. The number of nitrogens with one attached hydrogen (secondary N) is 1. The first-order valence-corrected chi connectivity index (χ1v) is 8.84. The number of aromatic nitrogens is 1. The minimum Gasteiger partial charge on any atom is -0.409 e. The minimum atomic E-state index is -4.53. The van der Waals surface area contributed by atoms with Gasteiger partial charge in [-0.15, -0.1) is 0 Å². The first-order valence-electron chi connectivity index (χ1n) is 8.46. The van der Waals surface area contributed by atoms with Crippen molar-refractivity contribution in [3.05, 3.63) is 64.4 Å². The second-order valence-electron chi connectivity index (χ2n) is 6.38. The van der Waals surface area contributed by atoms with Crippen molar-refractivity contribution in [2.75, 3.05) is 26.2 Å². The third-order valence-corrected chi connectivity index (χ3v) is 4.83. The van der Waals surface area contributed by atoms with Crippen molar-refractivity contribution in [1.82, 2.24) is 9.88 Å². The van der Waals surface area contributed by atoms with E-state index in [0.29, 0.717) is 19.3 Å². The number of hydrogen-bond donors (Lipinski definition) is 2. The van der Waals surface area contributed by atoms with E-state index in [9.17, 15) is 18.4 Å².